The van der Waals surface area contributed by atoms with Crippen molar-refractivity contribution in [1.82, 2.24) is 5.32 Å². The van der Waals surface area contributed by atoms with Gasteiger partial charge in [0.15, 0.2) is 0 Å². The Morgan fingerprint density at radius 2 is 1.76 bits per heavy atom. The quantitative estimate of drug-likeness (QED) is 0.815. The van der Waals surface area contributed by atoms with Gasteiger partial charge in [-0.05, 0) is 49.8 Å². The zero-order valence-electron chi connectivity index (χ0n) is 11.0. The number of hydrogen-bond acceptors (Lipinski definition) is 1. The van der Waals surface area contributed by atoms with Gasteiger partial charge in [-0.15, -0.1) is 0 Å². The van der Waals surface area contributed by atoms with Crippen molar-refractivity contribution in [2.45, 2.75) is 39.0 Å². The van der Waals surface area contributed by atoms with E-state index in [0.717, 1.165) is 18.4 Å². The van der Waals surface area contributed by atoms with Crippen molar-refractivity contribution in [3.8, 4) is 0 Å². The second-order valence-electron chi connectivity index (χ2n) is 5.30. The largest absolute Gasteiger partial charge is 0.317 e. The van der Waals surface area contributed by atoms with Gasteiger partial charge < -0.3 is 5.32 Å². The Kier molecular flexibility index (Phi) is 5.06. The molecular weight excluding hydrogens is 206 g/mol. The van der Waals surface area contributed by atoms with Crippen LogP contribution in [-0.2, 0) is 6.42 Å². The Balaban J connectivity index is 1.92. The molecule has 1 N–H and O–H groups in total. The van der Waals surface area contributed by atoms with Gasteiger partial charge in [0, 0.05) is 0 Å². The fraction of sp³-hybridized carbons (Fsp3) is 0.625. The molecule has 0 aliphatic heterocycles. The van der Waals surface area contributed by atoms with Crippen LogP contribution in [0.3, 0.4) is 0 Å². The van der Waals surface area contributed by atoms with Crippen LogP contribution in [-0.4, -0.2) is 13.1 Å². The molecule has 0 aromatic heterocycles. The van der Waals surface area contributed by atoms with Crippen molar-refractivity contribution in [2.75, 3.05) is 13.1 Å². The summed E-state index contributed by atoms with van der Waals surface area (Å²) in [7, 11) is 0. The Morgan fingerprint density at radius 1 is 1.06 bits per heavy atom. The van der Waals surface area contributed by atoms with Crippen molar-refractivity contribution >= 4 is 0 Å². The molecule has 1 heteroatoms. The number of rotatable bonds is 5. The number of benzene rings is 1. The summed E-state index contributed by atoms with van der Waals surface area (Å²) in [6, 6.07) is 11.0. The van der Waals surface area contributed by atoms with Crippen molar-refractivity contribution in [3.63, 3.8) is 0 Å². The van der Waals surface area contributed by atoms with Crippen molar-refractivity contribution in [1.29, 1.82) is 0 Å². The lowest BCUT2D eigenvalue weighted by Gasteiger charge is -2.32. The predicted octanol–water partition coefficient (Wildman–Crippen LogP) is 3.65. The molecule has 1 aliphatic carbocycles. The smallest absolute Gasteiger partial charge is 0.00179 e. The van der Waals surface area contributed by atoms with Crippen LogP contribution >= 0.6 is 0 Å². The minimum atomic E-state index is 0.893. The second-order valence-corrected chi connectivity index (χ2v) is 5.30. The minimum absolute atomic E-state index is 0.893. The van der Waals surface area contributed by atoms with Gasteiger partial charge >= 0.3 is 0 Å². The van der Waals surface area contributed by atoms with E-state index in [1.807, 2.05) is 0 Å². The molecule has 0 amide bonds. The molecule has 0 saturated heterocycles. The van der Waals surface area contributed by atoms with E-state index in [1.165, 1.54) is 44.2 Å². The van der Waals surface area contributed by atoms with Gasteiger partial charge in [0.2, 0.25) is 0 Å². The summed E-state index contributed by atoms with van der Waals surface area (Å²) in [5.74, 6) is 1.79. The summed E-state index contributed by atoms with van der Waals surface area (Å²) in [5.41, 5.74) is 1.51. The maximum atomic E-state index is 3.53. The lowest BCUT2D eigenvalue weighted by Crippen LogP contribution is -2.31. The van der Waals surface area contributed by atoms with Gasteiger partial charge in [0.05, 0.1) is 0 Å². The molecule has 2 unspecified atom stereocenters. The summed E-state index contributed by atoms with van der Waals surface area (Å²) in [5, 5.41) is 3.53. The molecule has 1 aromatic rings. The van der Waals surface area contributed by atoms with Crippen LogP contribution in [0, 0.1) is 11.8 Å². The summed E-state index contributed by atoms with van der Waals surface area (Å²) >= 11 is 0. The standard InChI is InChI=1S/C16H25N/c1-2-17-13-16-11-7-6-10-15(16)12-14-8-4-3-5-9-14/h3-5,8-9,15-17H,2,6-7,10-13H2,1H3. The van der Waals surface area contributed by atoms with Crippen LogP contribution in [0.4, 0.5) is 0 Å². The summed E-state index contributed by atoms with van der Waals surface area (Å²) in [6.07, 6.45) is 6.98. The van der Waals surface area contributed by atoms with Crippen molar-refractivity contribution in [3.05, 3.63) is 35.9 Å². The molecule has 0 heterocycles. The average Bonchev–Trinajstić information content (AvgIpc) is 2.39. The first kappa shape index (κ1) is 12.6. The Morgan fingerprint density at radius 3 is 2.47 bits per heavy atom. The maximum absolute atomic E-state index is 3.53. The second kappa shape index (κ2) is 6.80. The molecule has 1 aliphatic rings. The minimum Gasteiger partial charge on any atom is -0.317 e. The maximum Gasteiger partial charge on any atom is -0.00179 e. The molecular formula is C16H25N. The fourth-order valence-corrected chi connectivity index (χ4v) is 3.07. The summed E-state index contributed by atoms with van der Waals surface area (Å²) in [4.78, 5) is 0. The van der Waals surface area contributed by atoms with Crippen LogP contribution in [0.15, 0.2) is 30.3 Å². The van der Waals surface area contributed by atoms with E-state index in [-0.39, 0.29) is 0 Å². The van der Waals surface area contributed by atoms with Gasteiger partial charge in [0.1, 0.15) is 0 Å². The highest BCUT2D eigenvalue weighted by atomic mass is 14.8. The van der Waals surface area contributed by atoms with Crippen LogP contribution in [0.2, 0.25) is 0 Å². The first-order valence-corrected chi connectivity index (χ1v) is 7.14. The highest BCUT2D eigenvalue weighted by Crippen LogP contribution is 2.32. The highest BCUT2D eigenvalue weighted by Gasteiger charge is 2.24. The first-order chi connectivity index (χ1) is 8.40. The molecule has 0 spiro atoms. The van der Waals surface area contributed by atoms with Crippen molar-refractivity contribution in [2.24, 2.45) is 11.8 Å². The summed E-state index contributed by atoms with van der Waals surface area (Å²) in [6.45, 7) is 4.53. The fourth-order valence-electron chi connectivity index (χ4n) is 3.07. The third-order valence-corrected chi connectivity index (χ3v) is 4.06. The van der Waals surface area contributed by atoms with E-state index in [4.69, 9.17) is 0 Å². The molecule has 1 fully saturated rings. The molecule has 1 nitrogen and oxygen atoms in total. The van der Waals surface area contributed by atoms with Crippen LogP contribution in [0.1, 0.15) is 38.2 Å². The highest BCUT2D eigenvalue weighted by molar-refractivity contribution is 5.15. The van der Waals surface area contributed by atoms with Crippen LogP contribution in [0.25, 0.3) is 0 Å². The van der Waals surface area contributed by atoms with Crippen LogP contribution < -0.4 is 5.32 Å². The van der Waals surface area contributed by atoms with E-state index in [9.17, 15) is 0 Å². The Bertz CT molecular complexity index is 307. The van der Waals surface area contributed by atoms with E-state index in [0.29, 0.717) is 0 Å². The monoisotopic (exact) mass is 231 g/mol. The van der Waals surface area contributed by atoms with Gasteiger partial charge in [-0.1, -0.05) is 50.1 Å². The van der Waals surface area contributed by atoms with E-state index in [1.54, 1.807) is 0 Å². The number of nitrogens with one attached hydrogen (secondary N) is 1. The lowest BCUT2D eigenvalue weighted by atomic mass is 9.76. The third kappa shape index (κ3) is 3.85. The predicted molar refractivity (Wildman–Crippen MR) is 74.1 cm³/mol. The van der Waals surface area contributed by atoms with E-state index >= 15 is 0 Å². The van der Waals surface area contributed by atoms with E-state index in [2.05, 4.69) is 42.6 Å². The van der Waals surface area contributed by atoms with Gasteiger partial charge in [-0.3, -0.25) is 0 Å². The van der Waals surface area contributed by atoms with Crippen LogP contribution in [0.5, 0.6) is 0 Å². The van der Waals surface area contributed by atoms with Crippen molar-refractivity contribution < 1.29 is 0 Å². The zero-order valence-corrected chi connectivity index (χ0v) is 11.0. The van der Waals surface area contributed by atoms with Gasteiger partial charge in [0.25, 0.3) is 0 Å². The number of hydrogen-bond donors (Lipinski definition) is 1. The molecule has 17 heavy (non-hydrogen) atoms. The molecule has 0 bridgehead atoms. The molecule has 2 rings (SSSR count). The normalized spacial score (nSPS) is 24.8. The first-order valence-electron chi connectivity index (χ1n) is 7.14. The van der Waals surface area contributed by atoms with Gasteiger partial charge in [-0.25, -0.2) is 0 Å². The molecule has 2 atom stereocenters. The molecule has 94 valence electrons. The Hall–Kier alpha value is -0.820. The molecule has 1 saturated carbocycles. The lowest BCUT2D eigenvalue weighted by molar-refractivity contribution is 0.229. The summed E-state index contributed by atoms with van der Waals surface area (Å²) < 4.78 is 0. The molecule has 0 radical (unpaired) electrons. The average molecular weight is 231 g/mol. The zero-order chi connectivity index (χ0) is 11.9. The van der Waals surface area contributed by atoms with Gasteiger partial charge in [-0.2, -0.15) is 0 Å². The SMILES string of the molecule is CCNCC1CCCCC1Cc1ccccc1. The Labute approximate surface area is 106 Å². The third-order valence-electron chi connectivity index (χ3n) is 4.06. The molecule has 1 aromatic carbocycles. The van der Waals surface area contributed by atoms with E-state index < -0.39 is 0 Å². The topological polar surface area (TPSA) is 12.0 Å².